The summed E-state index contributed by atoms with van der Waals surface area (Å²) in [6.07, 6.45) is 0. The molecule has 8 heavy (non-hydrogen) atoms. The molecular weight excluding hydrogens is 167 g/mol. The molecule has 0 rings (SSSR count). The summed E-state index contributed by atoms with van der Waals surface area (Å²) in [5.41, 5.74) is 0. The van der Waals surface area contributed by atoms with Crippen molar-refractivity contribution in [3.8, 4) is 0 Å². The predicted molar refractivity (Wildman–Crippen MR) is 39.5 cm³/mol. The summed E-state index contributed by atoms with van der Waals surface area (Å²) in [6.45, 7) is 0. The molecule has 0 atom stereocenters. The molecule has 49 valence electrons. The molecule has 0 saturated heterocycles. The van der Waals surface area contributed by atoms with Gasteiger partial charge in [0.15, 0.2) is 0 Å². The molecule has 0 aliphatic carbocycles. The van der Waals surface area contributed by atoms with Gasteiger partial charge in [-0.2, -0.15) is 0 Å². The third kappa shape index (κ3) is 2.58. The minimum absolute atomic E-state index is 1.21. The third-order valence-corrected chi connectivity index (χ3v) is 2.48. The summed E-state index contributed by atoms with van der Waals surface area (Å²) >= 11 is 2.51. The fourth-order valence-electron chi connectivity index (χ4n) is 0.400. The molecule has 0 fully saturated rings. The molecular formula is C5H13N2Se. The molecule has 0 unspecified atom stereocenters. The third-order valence-electron chi connectivity index (χ3n) is 0.800. The van der Waals surface area contributed by atoms with Crippen molar-refractivity contribution in [1.82, 2.24) is 9.80 Å². The Balaban J connectivity index is 3.65. The molecule has 0 N–H and O–H groups in total. The van der Waals surface area contributed by atoms with E-state index in [9.17, 15) is 0 Å². The van der Waals surface area contributed by atoms with Gasteiger partial charge in [0.25, 0.3) is 0 Å². The molecule has 0 bridgehead atoms. The Hall–Kier alpha value is 0.309. The first-order valence-electron chi connectivity index (χ1n) is 2.46. The van der Waals surface area contributed by atoms with Crippen LogP contribution in [0.15, 0.2) is 0 Å². The maximum absolute atomic E-state index is 2.51. The van der Waals surface area contributed by atoms with Crippen LogP contribution in [0.2, 0.25) is 0 Å². The summed E-state index contributed by atoms with van der Waals surface area (Å²) in [7, 11) is 8.09. The van der Waals surface area contributed by atoms with Gasteiger partial charge in [0.05, 0.1) is 0 Å². The number of hydrogen-bond acceptors (Lipinski definition) is 2. The van der Waals surface area contributed by atoms with E-state index < -0.39 is 0 Å². The second-order valence-corrected chi connectivity index (χ2v) is 2.93. The van der Waals surface area contributed by atoms with Crippen LogP contribution < -0.4 is 0 Å². The standard InChI is InChI=1S/C5H13N2Se/c1-6(2)5(8)7(3)4/h8H,1-4H3. The summed E-state index contributed by atoms with van der Waals surface area (Å²) in [5.74, 6) is 0. The number of hydrogen-bond donors (Lipinski definition) is 0. The number of rotatable bonds is 2. The molecule has 0 heterocycles. The Kier molecular flexibility index (Phi) is 3.49. The van der Waals surface area contributed by atoms with Gasteiger partial charge in [-0.1, -0.05) is 0 Å². The van der Waals surface area contributed by atoms with Crippen molar-refractivity contribution < 1.29 is 0 Å². The van der Waals surface area contributed by atoms with Gasteiger partial charge in [-0.15, -0.1) is 0 Å². The Morgan fingerprint density at radius 3 is 1.25 bits per heavy atom. The van der Waals surface area contributed by atoms with Gasteiger partial charge in [-0.25, -0.2) is 0 Å². The van der Waals surface area contributed by atoms with E-state index in [0.717, 1.165) is 0 Å². The van der Waals surface area contributed by atoms with Crippen molar-refractivity contribution in [2.45, 2.75) is 0 Å². The van der Waals surface area contributed by atoms with E-state index in [1.807, 2.05) is 28.2 Å². The quantitative estimate of drug-likeness (QED) is 0.508. The molecule has 0 amide bonds. The molecule has 0 aromatic carbocycles. The van der Waals surface area contributed by atoms with Crippen LogP contribution in [0.5, 0.6) is 0 Å². The van der Waals surface area contributed by atoms with Crippen molar-refractivity contribution in [2.24, 2.45) is 0 Å². The van der Waals surface area contributed by atoms with E-state index in [1.54, 1.807) is 0 Å². The van der Waals surface area contributed by atoms with Crippen LogP contribution in [-0.2, 0) is 0 Å². The van der Waals surface area contributed by atoms with Crippen molar-refractivity contribution in [2.75, 3.05) is 28.2 Å². The van der Waals surface area contributed by atoms with Gasteiger partial charge in [-0.3, -0.25) is 0 Å². The Morgan fingerprint density at radius 2 is 1.25 bits per heavy atom. The van der Waals surface area contributed by atoms with Gasteiger partial charge >= 0.3 is 58.2 Å². The molecule has 0 aromatic rings. The van der Waals surface area contributed by atoms with E-state index in [2.05, 4.69) is 25.4 Å². The molecule has 2 nitrogen and oxygen atoms in total. The van der Waals surface area contributed by atoms with E-state index in [4.69, 9.17) is 0 Å². The Labute approximate surface area is 58.8 Å². The predicted octanol–water partition coefficient (Wildman–Crippen LogP) is -0.902. The Bertz CT molecular complexity index is 78.4. The van der Waals surface area contributed by atoms with Gasteiger partial charge in [0.1, 0.15) is 0 Å². The summed E-state index contributed by atoms with van der Waals surface area (Å²) in [6, 6.07) is 0. The second kappa shape index (κ2) is 3.36. The topological polar surface area (TPSA) is 6.48 Å². The summed E-state index contributed by atoms with van der Waals surface area (Å²) in [5, 5.41) is 0. The molecule has 0 aromatic heterocycles. The zero-order chi connectivity index (χ0) is 6.73. The fraction of sp³-hybridized carbons (Fsp3) is 0.800. The number of nitrogens with zero attached hydrogens (tertiary/aromatic N) is 2. The van der Waals surface area contributed by atoms with E-state index in [-0.39, 0.29) is 0 Å². The molecule has 0 aliphatic rings. The average molecular weight is 180 g/mol. The van der Waals surface area contributed by atoms with Gasteiger partial charge < -0.3 is 0 Å². The minimum atomic E-state index is 1.21. The van der Waals surface area contributed by atoms with Crippen LogP contribution in [0.25, 0.3) is 0 Å². The van der Waals surface area contributed by atoms with Crippen molar-refractivity contribution in [3.05, 3.63) is 0 Å². The van der Waals surface area contributed by atoms with Crippen LogP contribution in [-0.4, -0.2) is 58.2 Å². The summed E-state index contributed by atoms with van der Waals surface area (Å²) in [4.78, 5) is 4.11. The monoisotopic (exact) mass is 181 g/mol. The SMILES string of the molecule is CN(C)C(=[SeH])N(C)C. The normalized spacial score (nSPS) is 10.8. The Morgan fingerprint density at radius 1 is 1.00 bits per heavy atom. The van der Waals surface area contributed by atoms with Crippen LogP contribution in [0.3, 0.4) is 0 Å². The average Bonchev–Trinajstić information content (AvgIpc) is 1.64. The molecule has 0 saturated carbocycles. The van der Waals surface area contributed by atoms with E-state index in [0.29, 0.717) is 0 Å². The van der Waals surface area contributed by atoms with E-state index in [1.165, 1.54) is 4.67 Å². The van der Waals surface area contributed by atoms with Gasteiger partial charge in [0, 0.05) is 0 Å². The second-order valence-electron chi connectivity index (χ2n) is 2.09. The molecule has 0 spiro atoms. The van der Waals surface area contributed by atoms with Crippen LogP contribution >= 0.6 is 0 Å². The first-order chi connectivity index (χ1) is 3.55. The van der Waals surface area contributed by atoms with Crippen LogP contribution in [0.1, 0.15) is 0 Å². The van der Waals surface area contributed by atoms with Crippen LogP contribution in [0.4, 0.5) is 0 Å². The zero-order valence-electron chi connectivity index (χ0n) is 5.84. The van der Waals surface area contributed by atoms with E-state index >= 15 is 0 Å². The zero-order valence-corrected chi connectivity index (χ0v) is 7.72. The first kappa shape index (κ1) is 8.31. The van der Waals surface area contributed by atoms with Crippen molar-refractivity contribution in [1.29, 1.82) is 0 Å². The molecule has 3 heteroatoms. The van der Waals surface area contributed by atoms with Crippen molar-refractivity contribution in [3.63, 3.8) is 0 Å². The first-order valence-corrected chi connectivity index (χ1v) is 3.40. The van der Waals surface area contributed by atoms with Crippen LogP contribution in [0, 0.1) is 0 Å². The molecule has 0 aliphatic heterocycles. The molecule has 1 radical (unpaired) electrons. The van der Waals surface area contributed by atoms with Crippen molar-refractivity contribution >= 4 is 20.2 Å². The van der Waals surface area contributed by atoms with Gasteiger partial charge in [-0.05, 0) is 0 Å². The maximum atomic E-state index is 2.51. The summed E-state index contributed by atoms with van der Waals surface area (Å²) < 4.78 is 1.21. The fourth-order valence-corrected chi connectivity index (χ4v) is 0.400. The van der Waals surface area contributed by atoms with Gasteiger partial charge in [0.2, 0.25) is 0 Å².